The molecule has 2 aliphatic rings. The maximum Gasteiger partial charge on any atom is 0.410 e. The zero-order chi connectivity index (χ0) is 22.6. The molecule has 2 bridgehead atoms. The molecular weight excluding hydrogens is 484 g/mol. The zero-order valence-corrected chi connectivity index (χ0v) is 20.2. The Morgan fingerprint density at radius 1 is 1.03 bits per heavy atom. The van der Waals surface area contributed by atoms with E-state index in [-0.39, 0.29) is 24.0 Å². The van der Waals surface area contributed by atoms with Crippen molar-refractivity contribution in [2.75, 3.05) is 18.0 Å². The van der Waals surface area contributed by atoms with E-state index in [0.717, 1.165) is 12.0 Å². The molecule has 2 aliphatic heterocycles. The number of anilines is 1. The van der Waals surface area contributed by atoms with Gasteiger partial charge in [0.15, 0.2) is 11.6 Å². The number of halogens is 4. The number of benzene rings is 1. The highest BCUT2D eigenvalue weighted by molar-refractivity contribution is 6.66. The second-order valence-corrected chi connectivity index (χ2v) is 11.3. The fraction of sp³-hybridized carbons (Fsp3) is 0.500. The fourth-order valence-electron chi connectivity index (χ4n) is 3.80. The van der Waals surface area contributed by atoms with Crippen molar-refractivity contribution < 1.29 is 9.53 Å². The Balaban J connectivity index is 1.61. The van der Waals surface area contributed by atoms with Crippen LogP contribution in [0.3, 0.4) is 0 Å². The molecule has 2 unspecified atom stereocenters. The first-order valence-corrected chi connectivity index (χ1v) is 11.3. The monoisotopic (exact) mass is 503 g/mol. The number of ether oxygens (including phenoxy) is 1. The van der Waals surface area contributed by atoms with Gasteiger partial charge in [0.2, 0.25) is 9.74 Å². The maximum absolute atomic E-state index is 12.5. The quantitative estimate of drug-likeness (QED) is 0.522. The molecule has 2 aromatic rings. The summed E-state index contributed by atoms with van der Waals surface area (Å²) < 4.78 is 3.72. The van der Waals surface area contributed by atoms with Crippen LogP contribution in [0.25, 0.3) is 11.4 Å². The average Bonchev–Trinajstić information content (AvgIpc) is 3.27. The van der Waals surface area contributed by atoms with Gasteiger partial charge in [-0.2, -0.15) is 9.97 Å². The molecule has 2 saturated heterocycles. The van der Waals surface area contributed by atoms with Gasteiger partial charge in [-0.1, -0.05) is 46.4 Å². The lowest BCUT2D eigenvalue weighted by Gasteiger charge is -2.35. The Morgan fingerprint density at radius 3 is 2.26 bits per heavy atom. The number of rotatable bonds is 2. The van der Waals surface area contributed by atoms with Crippen molar-refractivity contribution >= 4 is 58.4 Å². The van der Waals surface area contributed by atoms with Gasteiger partial charge in [0, 0.05) is 23.7 Å². The predicted octanol–water partition coefficient (Wildman–Crippen LogP) is 5.22. The number of likely N-dealkylation sites (tertiary alicyclic amines) is 1. The molecule has 4 rings (SSSR count). The number of amides is 1. The van der Waals surface area contributed by atoms with Crippen LogP contribution in [0.4, 0.5) is 10.7 Å². The predicted molar refractivity (Wildman–Crippen MR) is 122 cm³/mol. The van der Waals surface area contributed by atoms with Crippen LogP contribution in [-0.2, 0) is 8.53 Å². The fourth-order valence-corrected chi connectivity index (χ4v) is 4.18. The smallest absolute Gasteiger partial charge is 0.410 e. The van der Waals surface area contributed by atoms with Crippen LogP contribution in [-0.4, -0.2) is 56.7 Å². The van der Waals surface area contributed by atoms with Gasteiger partial charge in [-0.15, -0.1) is 0 Å². The van der Waals surface area contributed by atoms with E-state index in [1.54, 1.807) is 29.2 Å². The number of fused-ring (bicyclic) bond motifs is 2. The molecule has 7 nitrogen and oxygen atoms in total. The molecule has 31 heavy (non-hydrogen) atoms. The molecule has 2 fully saturated rings. The lowest BCUT2D eigenvalue weighted by Crippen LogP contribution is -2.50. The van der Waals surface area contributed by atoms with Crippen LogP contribution in [0, 0.1) is 0 Å². The summed E-state index contributed by atoms with van der Waals surface area (Å²) in [6, 6.07) is 7.12. The summed E-state index contributed by atoms with van der Waals surface area (Å²) >= 11 is 24.3. The van der Waals surface area contributed by atoms with Crippen molar-refractivity contribution in [3.63, 3.8) is 0 Å². The molecule has 2 atom stereocenters. The van der Waals surface area contributed by atoms with Crippen molar-refractivity contribution in [3.8, 4) is 11.4 Å². The van der Waals surface area contributed by atoms with Gasteiger partial charge in [-0.3, -0.25) is 0 Å². The number of piperazine rings is 1. The van der Waals surface area contributed by atoms with E-state index in [0.29, 0.717) is 29.9 Å². The molecule has 166 valence electrons. The topological polar surface area (TPSA) is 71.5 Å². The van der Waals surface area contributed by atoms with Gasteiger partial charge < -0.3 is 14.5 Å². The van der Waals surface area contributed by atoms with E-state index in [1.165, 1.54) is 0 Å². The van der Waals surface area contributed by atoms with E-state index in [4.69, 9.17) is 51.1 Å². The van der Waals surface area contributed by atoms with E-state index in [9.17, 15) is 4.79 Å². The van der Waals surface area contributed by atoms with Crippen LogP contribution < -0.4 is 4.90 Å². The summed E-state index contributed by atoms with van der Waals surface area (Å²) in [5, 5.41) is 0.596. The van der Waals surface area contributed by atoms with Gasteiger partial charge in [-0.25, -0.2) is 9.78 Å². The Hall–Kier alpha value is -1.54. The van der Waals surface area contributed by atoms with Crippen molar-refractivity contribution in [1.29, 1.82) is 0 Å². The number of carbonyl (C=O) groups excluding carboxylic acids is 1. The van der Waals surface area contributed by atoms with Gasteiger partial charge in [0.25, 0.3) is 0 Å². The summed E-state index contributed by atoms with van der Waals surface area (Å²) in [5.74, 6) is 0.839. The van der Waals surface area contributed by atoms with Crippen LogP contribution in [0.15, 0.2) is 24.3 Å². The number of nitrogens with zero attached hydrogens (tertiary/aromatic N) is 5. The molecule has 0 spiro atoms. The molecule has 11 heteroatoms. The Kier molecular flexibility index (Phi) is 5.92. The molecule has 0 aliphatic carbocycles. The van der Waals surface area contributed by atoms with Gasteiger partial charge >= 0.3 is 6.09 Å². The van der Waals surface area contributed by atoms with Crippen LogP contribution in [0.5, 0.6) is 0 Å². The first-order chi connectivity index (χ1) is 14.4. The zero-order valence-electron chi connectivity index (χ0n) is 17.1. The van der Waals surface area contributed by atoms with E-state index in [2.05, 4.69) is 15.0 Å². The third-order valence-corrected chi connectivity index (χ3v) is 5.86. The third kappa shape index (κ3) is 4.95. The molecule has 0 N–H and O–H groups in total. The first kappa shape index (κ1) is 22.6. The minimum absolute atomic E-state index is 0.00630. The third-order valence-electron chi connectivity index (χ3n) is 5.11. The first-order valence-electron chi connectivity index (χ1n) is 9.76. The Bertz CT molecular complexity index is 991. The molecule has 1 amide bonds. The highest BCUT2D eigenvalue weighted by Gasteiger charge is 2.48. The van der Waals surface area contributed by atoms with Gasteiger partial charge in [0.1, 0.15) is 5.60 Å². The van der Waals surface area contributed by atoms with Gasteiger partial charge in [-0.05, 0) is 51.5 Å². The highest BCUT2D eigenvalue weighted by atomic mass is 35.6. The molecule has 1 aromatic heterocycles. The standard InChI is InChI=1S/C20H21Cl4N5O2/c1-19(2,3)31-18(30)29-10-13-8-14(29)9-28(13)17-26-15(11-4-6-12(21)7-5-11)25-16(27-17)20(22,23)24/h4-7,13-14H,8-10H2,1-3H3. The number of hydrogen-bond acceptors (Lipinski definition) is 6. The lowest BCUT2D eigenvalue weighted by molar-refractivity contribution is 0.0214. The normalized spacial score (nSPS) is 21.0. The largest absolute Gasteiger partial charge is 0.444 e. The number of hydrogen-bond donors (Lipinski definition) is 0. The Labute approximate surface area is 200 Å². The molecule has 3 heterocycles. The minimum atomic E-state index is -1.81. The average molecular weight is 505 g/mol. The van der Waals surface area contributed by atoms with E-state index >= 15 is 0 Å². The minimum Gasteiger partial charge on any atom is -0.444 e. The van der Waals surface area contributed by atoms with Crippen molar-refractivity contribution in [2.45, 2.75) is 48.7 Å². The maximum atomic E-state index is 12.5. The number of aromatic nitrogens is 3. The number of carbonyl (C=O) groups is 1. The van der Waals surface area contributed by atoms with Crippen LogP contribution >= 0.6 is 46.4 Å². The summed E-state index contributed by atoms with van der Waals surface area (Å²) in [6.45, 7) is 6.64. The molecule has 0 radical (unpaired) electrons. The summed E-state index contributed by atoms with van der Waals surface area (Å²) in [5.41, 5.74) is 0.183. The Morgan fingerprint density at radius 2 is 1.71 bits per heavy atom. The SMILES string of the molecule is CC(C)(C)OC(=O)N1CC2CC1CN2c1nc(-c2ccc(Cl)cc2)nc(C(Cl)(Cl)Cl)n1. The highest BCUT2D eigenvalue weighted by Crippen LogP contribution is 2.39. The summed E-state index contributed by atoms with van der Waals surface area (Å²) in [6.07, 6.45) is 0.490. The lowest BCUT2D eigenvalue weighted by atomic mass is 10.2. The second-order valence-electron chi connectivity index (χ2n) is 8.62. The van der Waals surface area contributed by atoms with Crippen molar-refractivity contribution in [1.82, 2.24) is 19.9 Å². The number of alkyl halides is 3. The second kappa shape index (κ2) is 8.10. The summed E-state index contributed by atoms with van der Waals surface area (Å²) in [7, 11) is 0. The van der Waals surface area contributed by atoms with E-state index in [1.807, 2.05) is 25.7 Å². The van der Waals surface area contributed by atoms with Crippen molar-refractivity contribution in [3.05, 3.63) is 35.1 Å². The molecule has 0 saturated carbocycles. The van der Waals surface area contributed by atoms with Gasteiger partial charge in [0.05, 0.1) is 12.1 Å². The molecule has 1 aromatic carbocycles. The van der Waals surface area contributed by atoms with Crippen molar-refractivity contribution in [2.24, 2.45) is 0 Å². The summed E-state index contributed by atoms with van der Waals surface area (Å²) in [4.78, 5) is 29.7. The molecular formula is C20H21Cl4N5O2. The van der Waals surface area contributed by atoms with Crippen LogP contribution in [0.2, 0.25) is 5.02 Å². The van der Waals surface area contributed by atoms with Crippen LogP contribution in [0.1, 0.15) is 33.0 Å². The van der Waals surface area contributed by atoms with E-state index < -0.39 is 9.39 Å².